The van der Waals surface area contributed by atoms with Gasteiger partial charge >= 0.3 is 0 Å². The Morgan fingerprint density at radius 1 is 1.29 bits per heavy atom. The third-order valence-corrected chi connectivity index (χ3v) is 2.90. The number of imidazole rings is 1. The molecule has 0 spiro atoms. The molecule has 0 saturated carbocycles. The zero-order chi connectivity index (χ0) is 12.3. The zero-order valence-electron chi connectivity index (χ0n) is 10.3. The summed E-state index contributed by atoms with van der Waals surface area (Å²) in [5.41, 5.74) is 7.91. The number of aryl methyl sites for hydroxylation is 1. The lowest BCUT2D eigenvalue weighted by Crippen LogP contribution is -2.11. The van der Waals surface area contributed by atoms with Crippen molar-refractivity contribution in [3.8, 4) is 5.69 Å². The summed E-state index contributed by atoms with van der Waals surface area (Å²) in [5.74, 6) is 1.04. The average Bonchev–Trinajstić information content (AvgIpc) is 2.86. The van der Waals surface area contributed by atoms with Crippen LogP contribution in [0, 0.1) is 0 Å². The number of nitrogens with two attached hydrogens (primary N) is 1. The highest BCUT2D eigenvalue weighted by Crippen LogP contribution is 2.14. The number of hydrogen-bond acceptors (Lipinski definition) is 3. The van der Waals surface area contributed by atoms with Crippen LogP contribution in [-0.4, -0.2) is 14.5 Å². The summed E-state index contributed by atoms with van der Waals surface area (Å²) in [6, 6.07) is 4.05. The Hall–Kier alpha value is -1.68. The fourth-order valence-electron chi connectivity index (χ4n) is 1.80. The Morgan fingerprint density at radius 3 is 2.71 bits per heavy atom. The average molecular weight is 230 g/mol. The van der Waals surface area contributed by atoms with Crippen LogP contribution in [0.1, 0.15) is 37.8 Å². The maximum atomic E-state index is 5.94. The molecule has 0 aromatic carbocycles. The number of aromatic nitrogens is 3. The van der Waals surface area contributed by atoms with Gasteiger partial charge in [-0.3, -0.25) is 4.98 Å². The Balaban J connectivity index is 2.29. The van der Waals surface area contributed by atoms with Gasteiger partial charge in [-0.15, -0.1) is 0 Å². The van der Waals surface area contributed by atoms with Gasteiger partial charge in [-0.1, -0.05) is 13.8 Å². The quantitative estimate of drug-likeness (QED) is 0.876. The van der Waals surface area contributed by atoms with Crippen molar-refractivity contribution in [3.05, 3.63) is 42.2 Å². The minimum Gasteiger partial charge on any atom is -0.323 e. The van der Waals surface area contributed by atoms with E-state index < -0.39 is 0 Å². The van der Waals surface area contributed by atoms with Gasteiger partial charge in [0.1, 0.15) is 5.82 Å². The van der Waals surface area contributed by atoms with E-state index in [1.807, 2.05) is 35.3 Å². The third-order valence-electron chi connectivity index (χ3n) is 2.90. The molecule has 2 N–H and O–H groups in total. The maximum absolute atomic E-state index is 5.94. The van der Waals surface area contributed by atoms with E-state index in [0.29, 0.717) is 0 Å². The molecule has 4 heteroatoms. The molecule has 2 heterocycles. The lowest BCUT2D eigenvalue weighted by atomic mass is 10.1. The fraction of sp³-hybridized carbons (Fsp3) is 0.385. The summed E-state index contributed by atoms with van der Waals surface area (Å²) in [4.78, 5) is 8.70. The van der Waals surface area contributed by atoms with Crippen LogP contribution in [0.5, 0.6) is 0 Å². The molecule has 0 aliphatic heterocycles. The molecule has 0 aliphatic carbocycles. The van der Waals surface area contributed by atoms with Crippen molar-refractivity contribution in [2.45, 2.75) is 32.7 Å². The van der Waals surface area contributed by atoms with Gasteiger partial charge < -0.3 is 10.3 Å². The lowest BCUT2D eigenvalue weighted by molar-refractivity contribution is 0.674. The van der Waals surface area contributed by atoms with Crippen molar-refractivity contribution < 1.29 is 0 Å². The van der Waals surface area contributed by atoms with Crippen LogP contribution in [0.2, 0.25) is 0 Å². The predicted octanol–water partition coefficient (Wildman–Crippen LogP) is 2.24. The maximum Gasteiger partial charge on any atom is 0.112 e. The molecule has 0 amide bonds. The fourth-order valence-corrected chi connectivity index (χ4v) is 1.80. The molecule has 0 unspecified atom stereocenters. The largest absolute Gasteiger partial charge is 0.323 e. The highest BCUT2D eigenvalue weighted by atomic mass is 15.1. The van der Waals surface area contributed by atoms with Crippen LogP contribution in [0.15, 0.2) is 30.7 Å². The van der Waals surface area contributed by atoms with Crippen molar-refractivity contribution in [1.29, 1.82) is 0 Å². The summed E-state index contributed by atoms with van der Waals surface area (Å²) in [6.45, 7) is 4.15. The van der Waals surface area contributed by atoms with E-state index in [9.17, 15) is 0 Å². The van der Waals surface area contributed by atoms with Crippen molar-refractivity contribution in [2.75, 3.05) is 0 Å². The smallest absolute Gasteiger partial charge is 0.112 e. The Morgan fingerprint density at radius 2 is 2.12 bits per heavy atom. The van der Waals surface area contributed by atoms with E-state index in [4.69, 9.17) is 5.73 Å². The van der Waals surface area contributed by atoms with E-state index in [1.165, 1.54) is 0 Å². The third kappa shape index (κ3) is 2.36. The molecular weight excluding hydrogens is 212 g/mol. The first kappa shape index (κ1) is 11.8. The number of rotatable bonds is 4. The van der Waals surface area contributed by atoms with Gasteiger partial charge in [-0.2, -0.15) is 0 Å². The molecule has 1 atom stereocenters. The van der Waals surface area contributed by atoms with Crippen molar-refractivity contribution in [2.24, 2.45) is 5.73 Å². The minimum atomic E-state index is 0.0254. The number of pyridine rings is 1. The first-order valence-electron chi connectivity index (χ1n) is 6.00. The monoisotopic (exact) mass is 230 g/mol. The van der Waals surface area contributed by atoms with E-state index in [0.717, 1.165) is 30.0 Å². The first-order valence-corrected chi connectivity index (χ1v) is 6.00. The van der Waals surface area contributed by atoms with Crippen molar-refractivity contribution >= 4 is 0 Å². The Bertz CT molecular complexity index is 472. The van der Waals surface area contributed by atoms with Crippen LogP contribution in [0.3, 0.4) is 0 Å². The molecule has 0 bridgehead atoms. The highest BCUT2D eigenvalue weighted by molar-refractivity contribution is 5.32. The molecular formula is C13H18N4. The van der Waals surface area contributed by atoms with Gasteiger partial charge in [-0.25, -0.2) is 4.98 Å². The summed E-state index contributed by atoms with van der Waals surface area (Å²) in [6.07, 6.45) is 7.42. The number of nitrogens with zero attached hydrogens (tertiary/aromatic N) is 3. The van der Waals surface area contributed by atoms with Crippen molar-refractivity contribution in [3.63, 3.8) is 0 Å². The van der Waals surface area contributed by atoms with Gasteiger partial charge in [0.2, 0.25) is 0 Å². The summed E-state index contributed by atoms with van der Waals surface area (Å²) in [5, 5.41) is 0. The van der Waals surface area contributed by atoms with E-state index in [-0.39, 0.29) is 6.04 Å². The summed E-state index contributed by atoms with van der Waals surface area (Å²) < 4.78 is 2.05. The topological polar surface area (TPSA) is 56.7 Å². The molecule has 0 radical (unpaired) electrons. The van der Waals surface area contributed by atoms with Gasteiger partial charge in [0, 0.05) is 24.9 Å². The van der Waals surface area contributed by atoms with Crippen LogP contribution < -0.4 is 5.73 Å². The predicted molar refractivity (Wildman–Crippen MR) is 68.0 cm³/mol. The zero-order valence-corrected chi connectivity index (χ0v) is 10.3. The molecule has 90 valence electrons. The second kappa shape index (κ2) is 5.10. The first-order chi connectivity index (χ1) is 8.26. The molecule has 0 fully saturated rings. The van der Waals surface area contributed by atoms with Crippen LogP contribution in [-0.2, 0) is 6.42 Å². The molecule has 2 aromatic heterocycles. The second-order valence-electron chi connectivity index (χ2n) is 4.02. The second-order valence-corrected chi connectivity index (χ2v) is 4.02. The summed E-state index contributed by atoms with van der Waals surface area (Å²) >= 11 is 0. The Kier molecular flexibility index (Phi) is 3.54. The molecule has 0 aliphatic rings. The van der Waals surface area contributed by atoms with Crippen molar-refractivity contribution in [1.82, 2.24) is 14.5 Å². The molecule has 2 aromatic rings. The summed E-state index contributed by atoms with van der Waals surface area (Å²) in [7, 11) is 0. The molecule has 4 nitrogen and oxygen atoms in total. The van der Waals surface area contributed by atoms with Gasteiger partial charge in [0.15, 0.2) is 0 Å². The van der Waals surface area contributed by atoms with E-state index in [2.05, 4.69) is 23.8 Å². The minimum absolute atomic E-state index is 0.0254. The standard InChI is InChI=1S/C13H18N4/c1-3-11(14)12-6-5-10(9-16-12)17-8-7-15-13(17)4-2/h5-9,11H,3-4,14H2,1-2H3/t11-/m1/s1. The lowest BCUT2D eigenvalue weighted by Gasteiger charge is -2.10. The van der Waals surface area contributed by atoms with Crippen LogP contribution in [0.25, 0.3) is 5.69 Å². The highest BCUT2D eigenvalue weighted by Gasteiger charge is 2.06. The van der Waals surface area contributed by atoms with Crippen LogP contribution in [0.4, 0.5) is 0 Å². The van der Waals surface area contributed by atoms with Gasteiger partial charge in [0.05, 0.1) is 17.6 Å². The van der Waals surface area contributed by atoms with Crippen LogP contribution >= 0.6 is 0 Å². The molecule has 17 heavy (non-hydrogen) atoms. The Labute approximate surface area is 102 Å². The SMILES string of the molecule is CCc1nccn1-c1ccc([C@H](N)CC)nc1. The van der Waals surface area contributed by atoms with E-state index >= 15 is 0 Å². The normalized spacial score (nSPS) is 12.6. The molecule has 2 rings (SSSR count). The molecule has 0 saturated heterocycles. The number of hydrogen-bond donors (Lipinski definition) is 1. The van der Waals surface area contributed by atoms with Gasteiger partial charge in [0.25, 0.3) is 0 Å². The van der Waals surface area contributed by atoms with E-state index in [1.54, 1.807) is 0 Å². The van der Waals surface area contributed by atoms with Gasteiger partial charge in [-0.05, 0) is 18.6 Å².